The van der Waals surface area contributed by atoms with Gasteiger partial charge in [0.25, 0.3) is 0 Å². The number of aryl methyl sites for hydroxylation is 1. The first kappa shape index (κ1) is 19.2. The summed E-state index contributed by atoms with van der Waals surface area (Å²) in [6, 6.07) is 9.61. The first-order valence-corrected chi connectivity index (χ1v) is 12.4. The molecule has 2 aromatic carbocycles. The molecule has 1 saturated heterocycles. The van der Waals surface area contributed by atoms with Crippen LogP contribution in [0.2, 0.25) is 0 Å². The van der Waals surface area contributed by atoms with E-state index < -0.39 is 0 Å². The molecule has 1 fully saturated rings. The fourth-order valence-corrected chi connectivity index (χ4v) is 6.22. The average molecular weight is 581 g/mol. The van der Waals surface area contributed by atoms with E-state index in [4.69, 9.17) is 9.47 Å². The van der Waals surface area contributed by atoms with Crippen molar-refractivity contribution in [3.8, 4) is 11.5 Å². The van der Waals surface area contributed by atoms with Crippen LogP contribution in [0.5, 0.6) is 11.5 Å². The van der Waals surface area contributed by atoms with Crippen LogP contribution in [0.4, 0.5) is 0 Å². The number of halogens is 3. The molecule has 25 heavy (non-hydrogen) atoms. The fourth-order valence-electron chi connectivity index (χ4n) is 2.55. The summed E-state index contributed by atoms with van der Waals surface area (Å²) in [6.45, 7) is 4.24. The molecule has 0 saturated carbocycles. The third-order valence-corrected chi connectivity index (χ3v) is 7.36. The Morgan fingerprint density at radius 3 is 2.60 bits per heavy atom. The quantitative estimate of drug-likeness (QED) is 0.300. The van der Waals surface area contributed by atoms with Crippen LogP contribution in [-0.2, 0) is 11.2 Å². The van der Waals surface area contributed by atoms with Crippen LogP contribution in [0, 0.1) is 0 Å². The molecule has 1 unspecified atom stereocenters. The Bertz CT molecular complexity index is 803. The Hall–Kier alpha value is -0.600. The predicted octanol–water partition coefficient (Wildman–Crippen LogP) is 2.89. The molecule has 0 spiro atoms. The summed E-state index contributed by atoms with van der Waals surface area (Å²) in [5.41, 5.74) is 2.84. The van der Waals surface area contributed by atoms with Crippen molar-refractivity contribution < 1.29 is 35.5 Å². The Morgan fingerprint density at radius 2 is 1.96 bits per heavy atom. The molecule has 3 nitrogen and oxygen atoms in total. The van der Waals surface area contributed by atoms with E-state index in [9.17, 15) is 4.79 Å². The van der Waals surface area contributed by atoms with E-state index in [1.165, 1.54) is 9.99 Å². The van der Waals surface area contributed by atoms with Crippen LogP contribution in [-0.4, -0.2) is 17.0 Å². The number of carbonyl (C=O) groups is 1. The van der Waals surface area contributed by atoms with Crippen LogP contribution in [0.1, 0.15) is 39.3 Å². The van der Waals surface area contributed by atoms with Crippen molar-refractivity contribution in [2.75, 3.05) is 11.0 Å². The van der Waals surface area contributed by atoms with Gasteiger partial charge in [-0.1, -0.05) is 0 Å². The van der Waals surface area contributed by atoms with E-state index in [2.05, 4.69) is 44.8 Å². The van der Waals surface area contributed by atoms with Gasteiger partial charge < -0.3 is 0 Å². The minimum atomic E-state index is -0.321. The van der Waals surface area contributed by atoms with Gasteiger partial charge in [-0.15, -0.1) is 0 Å². The normalized spacial score (nSPS) is 16.1. The minimum absolute atomic E-state index is 0.243. The number of hydrogen-bond donors (Lipinski definition) is 0. The molecule has 0 aliphatic carbocycles. The number of alkyl halides is 2. The molecule has 2 aromatic rings. The summed E-state index contributed by atoms with van der Waals surface area (Å²) in [6.07, 6.45) is 0.833. The van der Waals surface area contributed by atoms with Crippen molar-refractivity contribution in [1.82, 2.24) is 0 Å². The summed E-state index contributed by atoms with van der Waals surface area (Å²) >= 11 is 7.47. The summed E-state index contributed by atoms with van der Waals surface area (Å²) in [5.74, 6) is 1.26. The molecular formula is C19H18Br2IO3-. The summed E-state index contributed by atoms with van der Waals surface area (Å²) in [7, 11) is 0. The Kier molecular flexibility index (Phi) is 6.44. The van der Waals surface area contributed by atoms with Gasteiger partial charge in [0.1, 0.15) is 0 Å². The van der Waals surface area contributed by atoms with Crippen molar-refractivity contribution in [2.24, 2.45) is 0 Å². The standard InChI is InChI=1S/C19H18Br2IO3/c1-3-11-5-6-12(19(23)24-4-2)7-16(11)25-17-9-13(20)8-14(21)18(17)15-10-22-15/h5-9,15H,3-4,10H2,1-2H3/q-1. The van der Waals surface area contributed by atoms with E-state index in [-0.39, 0.29) is 27.2 Å². The maximum atomic E-state index is 12.1. The molecule has 0 aromatic heterocycles. The molecule has 1 heterocycles. The van der Waals surface area contributed by atoms with E-state index in [0.717, 1.165) is 32.4 Å². The van der Waals surface area contributed by atoms with E-state index in [1.54, 1.807) is 19.1 Å². The van der Waals surface area contributed by atoms with Crippen molar-refractivity contribution in [3.05, 3.63) is 56.0 Å². The second-order valence-electron chi connectivity index (χ2n) is 5.57. The van der Waals surface area contributed by atoms with Gasteiger partial charge in [0.15, 0.2) is 0 Å². The molecule has 6 heteroatoms. The Labute approximate surface area is 175 Å². The molecule has 1 aliphatic rings. The summed E-state index contributed by atoms with van der Waals surface area (Å²) < 4.78 is 15.4. The topological polar surface area (TPSA) is 35.5 Å². The Balaban J connectivity index is 1.99. The molecule has 1 atom stereocenters. The van der Waals surface area contributed by atoms with E-state index in [0.29, 0.717) is 16.1 Å². The third-order valence-electron chi connectivity index (χ3n) is 3.86. The number of ether oxygens (including phenoxy) is 2. The van der Waals surface area contributed by atoms with Gasteiger partial charge in [0.2, 0.25) is 0 Å². The third kappa shape index (κ3) is 4.57. The fraction of sp³-hybridized carbons (Fsp3) is 0.316. The molecule has 3 rings (SSSR count). The van der Waals surface area contributed by atoms with Gasteiger partial charge >= 0.3 is 176 Å². The van der Waals surface area contributed by atoms with Crippen molar-refractivity contribution in [1.29, 1.82) is 0 Å². The summed E-state index contributed by atoms with van der Waals surface area (Å²) in [4.78, 5) is 12.1. The van der Waals surface area contributed by atoms with Crippen LogP contribution in [0.15, 0.2) is 39.3 Å². The zero-order valence-electron chi connectivity index (χ0n) is 13.9. The Morgan fingerprint density at radius 1 is 1.20 bits per heavy atom. The molecule has 134 valence electrons. The second kappa shape index (κ2) is 8.39. The maximum absolute atomic E-state index is 12.1. The van der Waals surface area contributed by atoms with Gasteiger partial charge in [0.05, 0.1) is 0 Å². The summed E-state index contributed by atoms with van der Waals surface area (Å²) in [5, 5.41) is 0. The van der Waals surface area contributed by atoms with Gasteiger partial charge in [-0.2, -0.15) is 0 Å². The molecule has 0 bridgehead atoms. The first-order chi connectivity index (χ1) is 12.0. The number of rotatable bonds is 6. The molecule has 0 N–H and O–H groups in total. The number of benzene rings is 2. The van der Waals surface area contributed by atoms with Gasteiger partial charge in [-0.05, 0) is 0 Å². The first-order valence-electron chi connectivity index (χ1n) is 8.08. The zero-order valence-corrected chi connectivity index (χ0v) is 19.3. The van der Waals surface area contributed by atoms with E-state index >= 15 is 0 Å². The van der Waals surface area contributed by atoms with Crippen molar-refractivity contribution in [2.45, 2.75) is 24.2 Å². The predicted molar refractivity (Wildman–Crippen MR) is 101 cm³/mol. The van der Waals surface area contributed by atoms with E-state index in [1.807, 2.05) is 12.1 Å². The zero-order chi connectivity index (χ0) is 18.0. The van der Waals surface area contributed by atoms with Gasteiger partial charge in [-0.3, -0.25) is 0 Å². The number of hydrogen-bond acceptors (Lipinski definition) is 3. The van der Waals surface area contributed by atoms with Crippen LogP contribution < -0.4 is 25.9 Å². The number of esters is 1. The monoisotopic (exact) mass is 579 g/mol. The van der Waals surface area contributed by atoms with Crippen LogP contribution in [0.25, 0.3) is 0 Å². The van der Waals surface area contributed by atoms with Crippen LogP contribution in [0.3, 0.4) is 0 Å². The second-order valence-corrected chi connectivity index (χ2v) is 10.6. The number of carbonyl (C=O) groups excluding carboxylic acids is 1. The van der Waals surface area contributed by atoms with Crippen LogP contribution >= 0.6 is 31.9 Å². The molecule has 0 radical (unpaired) electrons. The van der Waals surface area contributed by atoms with Crippen molar-refractivity contribution in [3.63, 3.8) is 0 Å². The molecule has 0 amide bonds. The SMILES string of the molecule is CCOC(=O)c1ccc(CC)c(Oc2cc(Br)cc(Br)c2C2C[I-]2)c1. The molecular weight excluding hydrogens is 563 g/mol. The van der Waals surface area contributed by atoms with Gasteiger partial charge in [-0.25, -0.2) is 0 Å². The van der Waals surface area contributed by atoms with Crippen molar-refractivity contribution >= 4 is 37.8 Å². The molecule has 1 aliphatic heterocycles. The van der Waals surface area contributed by atoms with Gasteiger partial charge in [0, 0.05) is 0 Å². The average Bonchev–Trinajstić information content (AvgIpc) is 3.39.